The summed E-state index contributed by atoms with van der Waals surface area (Å²) in [6.45, 7) is 8.01. The summed E-state index contributed by atoms with van der Waals surface area (Å²) < 4.78 is 0. The number of hydrogen-bond acceptors (Lipinski definition) is 1. The van der Waals surface area contributed by atoms with Gasteiger partial charge >= 0.3 is 0 Å². The molecule has 0 bridgehead atoms. The highest BCUT2D eigenvalue weighted by Gasteiger charge is 2.16. The van der Waals surface area contributed by atoms with Crippen LogP contribution in [0.4, 0.5) is 0 Å². The van der Waals surface area contributed by atoms with Crippen molar-refractivity contribution in [3.63, 3.8) is 0 Å². The minimum Gasteiger partial charge on any atom is -0.387 e. The van der Waals surface area contributed by atoms with Crippen molar-refractivity contribution >= 4 is 14.4 Å². The Morgan fingerprint density at radius 1 is 1.60 bits per heavy atom. The molecule has 15 heavy (non-hydrogen) atoms. The van der Waals surface area contributed by atoms with E-state index in [9.17, 15) is 0 Å². The molecule has 86 valence electrons. The predicted octanol–water partition coefficient (Wildman–Crippen LogP) is 3.15. The van der Waals surface area contributed by atoms with Crippen molar-refractivity contribution in [2.24, 2.45) is 11.7 Å². The minimum absolute atomic E-state index is 0.0817. The molecular weight excluding hydrogens is 203 g/mol. The molecule has 0 spiro atoms. The zero-order chi connectivity index (χ0) is 11.7. The van der Waals surface area contributed by atoms with Crippen molar-refractivity contribution in [3.05, 3.63) is 24.8 Å². The third-order valence-electron chi connectivity index (χ3n) is 2.35. The summed E-state index contributed by atoms with van der Waals surface area (Å²) in [6.07, 6.45) is 9.37. The lowest BCUT2D eigenvalue weighted by molar-refractivity contribution is 0.807. The summed E-state index contributed by atoms with van der Waals surface area (Å²) in [4.78, 5) is 0. The quantitative estimate of drug-likeness (QED) is 0.216. The van der Waals surface area contributed by atoms with Crippen LogP contribution in [-0.2, 0) is 0 Å². The number of allylic oxidation sites excluding steroid dienone is 2. The maximum Gasteiger partial charge on any atom is 0.0982 e. The van der Waals surface area contributed by atoms with Crippen molar-refractivity contribution < 1.29 is 0 Å². The lowest BCUT2D eigenvalue weighted by Crippen LogP contribution is -2.27. The van der Waals surface area contributed by atoms with E-state index in [0.717, 1.165) is 8.58 Å². The zero-order valence-electron chi connectivity index (χ0n) is 9.79. The average Bonchev–Trinajstić information content (AvgIpc) is 2.18. The summed E-state index contributed by atoms with van der Waals surface area (Å²) in [5.41, 5.74) is 6.06. The van der Waals surface area contributed by atoms with E-state index in [1.54, 1.807) is 6.08 Å². The normalized spacial score (nSPS) is 15.9. The van der Waals surface area contributed by atoms with E-state index in [4.69, 9.17) is 11.1 Å². The molecule has 0 fully saturated rings. The Labute approximate surface area is 95.3 Å². The Morgan fingerprint density at radius 2 is 2.27 bits per heavy atom. The summed E-state index contributed by atoms with van der Waals surface area (Å²) in [5.74, 6) is 0.350. The molecule has 0 saturated carbocycles. The van der Waals surface area contributed by atoms with Crippen LogP contribution in [0.25, 0.3) is 0 Å². The number of amidine groups is 1. The number of hydrogen-bond donors (Lipinski definition) is 2. The Morgan fingerprint density at radius 3 is 2.73 bits per heavy atom. The summed E-state index contributed by atoms with van der Waals surface area (Å²) in [6, 6.07) is 0. The van der Waals surface area contributed by atoms with Crippen LogP contribution in [0.2, 0.25) is 0 Å². The van der Waals surface area contributed by atoms with E-state index in [2.05, 4.69) is 20.4 Å². The van der Waals surface area contributed by atoms with Crippen LogP contribution in [0.15, 0.2) is 24.8 Å². The van der Waals surface area contributed by atoms with E-state index in [1.807, 2.05) is 12.2 Å². The van der Waals surface area contributed by atoms with Crippen LogP contribution >= 0.6 is 8.58 Å². The van der Waals surface area contributed by atoms with Crippen LogP contribution in [-0.4, -0.2) is 17.7 Å². The van der Waals surface area contributed by atoms with E-state index in [0.29, 0.717) is 5.66 Å². The lowest BCUT2D eigenvalue weighted by atomic mass is 10.0. The topological polar surface area (TPSA) is 49.9 Å². The molecular formula is C12H23N2P. The molecule has 0 saturated heterocycles. The van der Waals surface area contributed by atoms with Crippen LogP contribution in [0.5, 0.6) is 0 Å². The van der Waals surface area contributed by atoms with E-state index < -0.39 is 0 Å². The first kappa shape index (κ1) is 14.4. The smallest absolute Gasteiger partial charge is 0.0982 e. The average molecular weight is 226 g/mol. The molecule has 0 aliphatic carbocycles. The fraction of sp³-hybridized carbons (Fsp3) is 0.583. The van der Waals surface area contributed by atoms with Crippen molar-refractivity contribution in [1.29, 1.82) is 5.41 Å². The van der Waals surface area contributed by atoms with Crippen molar-refractivity contribution in [3.8, 4) is 0 Å². The molecule has 0 radical (unpaired) electrons. The maximum atomic E-state index is 7.54. The SMILES string of the molecule is C=C/C=C\C(C(=N)N)C(C)PCCCC. The molecule has 0 heterocycles. The summed E-state index contributed by atoms with van der Waals surface area (Å²) in [7, 11) is 0.891. The Hall–Kier alpha value is -0.620. The lowest BCUT2D eigenvalue weighted by Gasteiger charge is -2.19. The van der Waals surface area contributed by atoms with Crippen LogP contribution in [0, 0.1) is 11.3 Å². The van der Waals surface area contributed by atoms with Gasteiger partial charge in [0.1, 0.15) is 0 Å². The first-order valence-electron chi connectivity index (χ1n) is 5.50. The third-order valence-corrected chi connectivity index (χ3v) is 3.99. The van der Waals surface area contributed by atoms with Crippen LogP contribution in [0.3, 0.4) is 0 Å². The minimum atomic E-state index is 0.0817. The standard InChI is InChI=1S/C12H23N2P/c1-4-6-8-11(12(13)14)10(3)15-9-7-5-2/h4,6,8,10-11,15H,1,5,7,9H2,2-3H3,(H3,13,14)/b8-6-. The van der Waals surface area contributed by atoms with E-state index >= 15 is 0 Å². The molecule has 2 nitrogen and oxygen atoms in total. The molecule has 0 aliphatic heterocycles. The van der Waals surface area contributed by atoms with Crippen molar-refractivity contribution in [2.45, 2.75) is 32.3 Å². The molecule has 0 aliphatic rings. The highest BCUT2D eigenvalue weighted by molar-refractivity contribution is 7.38. The molecule has 0 aromatic heterocycles. The van der Waals surface area contributed by atoms with Gasteiger partial charge in [0.15, 0.2) is 0 Å². The van der Waals surface area contributed by atoms with Gasteiger partial charge in [-0.05, 0) is 18.2 Å². The summed E-state index contributed by atoms with van der Waals surface area (Å²) in [5, 5.41) is 7.54. The number of nitrogens with two attached hydrogens (primary N) is 1. The highest BCUT2D eigenvalue weighted by Crippen LogP contribution is 2.27. The predicted molar refractivity (Wildman–Crippen MR) is 72.3 cm³/mol. The van der Waals surface area contributed by atoms with Gasteiger partial charge in [-0.25, -0.2) is 0 Å². The second-order valence-electron chi connectivity index (χ2n) is 3.70. The molecule has 0 amide bonds. The first-order valence-corrected chi connectivity index (χ1v) is 6.78. The Bertz CT molecular complexity index is 224. The monoisotopic (exact) mass is 226 g/mol. The number of nitrogens with one attached hydrogen (secondary N) is 1. The van der Waals surface area contributed by atoms with Gasteiger partial charge in [0.25, 0.3) is 0 Å². The van der Waals surface area contributed by atoms with Gasteiger partial charge in [0.2, 0.25) is 0 Å². The maximum absolute atomic E-state index is 7.54. The van der Waals surface area contributed by atoms with Gasteiger partial charge in [-0.1, -0.05) is 45.1 Å². The van der Waals surface area contributed by atoms with E-state index in [1.165, 1.54) is 19.0 Å². The second-order valence-corrected chi connectivity index (χ2v) is 5.52. The number of rotatable bonds is 8. The van der Waals surface area contributed by atoms with Gasteiger partial charge in [0.05, 0.1) is 5.84 Å². The Kier molecular flexibility index (Phi) is 8.31. The second kappa shape index (κ2) is 8.67. The number of unbranched alkanes of at least 4 members (excludes halogenated alkanes) is 1. The van der Waals surface area contributed by atoms with Gasteiger partial charge in [0, 0.05) is 5.92 Å². The molecule has 0 aromatic rings. The molecule has 3 atom stereocenters. The van der Waals surface area contributed by atoms with Gasteiger partial charge in [-0.2, -0.15) is 0 Å². The van der Waals surface area contributed by atoms with Gasteiger partial charge in [-0.15, -0.1) is 8.58 Å². The fourth-order valence-corrected chi connectivity index (χ4v) is 2.93. The fourth-order valence-electron chi connectivity index (χ4n) is 1.37. The zero-order valence-corrected chi connectivity index (χ0v) is 10.8. The van der Waals surface area contributed by atoms with Crippen LogP contribution < -0.4 is 5.73 Å². The molecule has 3 heteroatoms. The molecule has 0 aromatic carbocycles. The molecule has 3 N–H and O–H groups in total. The molecule has 3 unspecified atom stereocenters. The van der Waals surface area contributed by atoms with Crippen molar-refractivity contribution in [2.75, 3.05) is 6.16 Å². The van der Waals surface area contributed by atoms with Crippen molar-refractivity contribution in [1.82, 2.24) is 0 Å². The van der Waals surface area contributed by atoms with Crippen LogP contribution in [0.1, 0.15) is 26.7 Å². The van der Waals surface area contributed by atoms with Gasteiger partial charge < -0.3 is 5.73 Å². The summed E-state index contributed by atoms with van der Waals surface area (Å²) >= 11 is 0. The Balaban J connectivity index is 4.16. The van der Waals surface area contributed by atoms with E-state index in [-0.39, 0.29) is 11.8 Å². The third kappa shape index (κ3) is 6.46. The largest absolute Gasteiger partial charge is 0.387 e. The van der Waals surface area contributed by atoms with Gasteiger partial charge in [-0.3, -0.25) is 5.41 Å². The first-order chi connectivity index (χ1) is 7.13. The molecule has 0 rings (SSSR count). The highest BCUT2D eigenvalue weighted by atomic mass is 31.1.